The van der Waals surface area contributed by atoms with Gasteiger partial charge in [-0.3, -0.25) is 4.90 Å². The fraction of sp³-hybridized carbons (Fsp3) is 0.400. The molecule has 6 nitrogen and oxygen atoms in total. The third kappa shape index (κ3) is 3.24. The van der Waals surface area contributed by atoms with Crippen molar-refractivity contribution in [1.82, 2.24) is 9.88 Å². The summed E-state index contributed by atoms with van der Waals surface area (Å²) in [6.45, 7) is 6.69. The Labute approximate surface area is 153 Å². The zero-order valence-corrected chi connectivity index (χ0v) is 14.9. The van der Waals surface area contributed by atoms with Crippen molar-refractivity contribution in [1.29, 1.82) is 0 Å². The van der Waals surface area contributed by atoms with Gasteiger partial charge in [-0.25, -0.2) is 9.78 Å². The lowest BCUT2D eigenvalue weighted by molar-refractivity contribution is 0.0696. The molecule has 0 amide bonds. The van der Waals surface area contributed by atoms with Crippen LogP contribution >= 0.6 is 0 Å². The van der Waals surface area contributed by atoms with Crippen LogP contribution < -0.4 is 9.64 Å². The lowest BCUT2D eigenvalue weighted by atomic mass is 10.0. The number of hydrogen-bond acceptors (Lipinski definition) is 5. The van der Waals surface area contributed by atoms with Gasteiger partial charge in [0.1, 0.15) is 11.6 Å². The number of aromatic nitrogens is 1. The molecule has 136 valence electrons. The highest BCUT2D eigenvalue weighted by molar-refractivity contribution is 5.87. The summed E-state index contributed by atoms with van der Waals surface area (Å²) >= 11 is 0. The van der Waals surface area contributed by atoms with Gasteiger partial charge in [-0.1, -0.05) is 12.1 Å². The van der Waals surface area contributed by atoms with E-state index >= 15 is 0 Å². The Morgan fingerprint density at radius 3 is 2.69 bits per heavy atom. The van der Waals surface area contributed by atoms with Crippen LogP contribution in [0.5, 0.6) is 5.75 Å². The van der Waals surface area contributed by atoms with Crippen LogP contribution in [0.3, 0.4) is 0 Å². The molecule has 26 heavy (non-hydrogen) atoms. The maximum atomic E-state index is 10.9. The average molecular weight is 353 g/mol. The van der Waals surface area contributed by atoms with Crippen LogP contribution in [0.1, 0.15) is 34.5 Å². The Morgan fingerprint density at radius 2 is 2.00 bits per heavy atom. The van der Waals surface area contributed by atoms with E-state index in [9.17, 15) is 4.79 Å². The molecule has 1 atom stereocenters. The van der Waals surface area contributed by atoms with Crippen LogP contribution in [0.15, 0.2) is 36.5 Å². The summed E-state index contributed by atoms with van der Waals surface area (Å²) in [7, 11) is 0. The van der Waals surface area contributed by atoms with Crippen molar-refractivity contribution in [2.45, 2.75) is 19.4 Å². The second kappa shape index (κ2) is 6.96. The first-order chi connectivity index (χ1) is 12.6. The Bertz CT molecular complexity index is 798. The maximum Gasteiger partial charge on any atom is 0.337 e. The first-order valence-corrected chi connectivity index (χ1v) is 9.06. The number of carboxylic acid groups (broad SMARTS) is 1. The van der Waals surface area contributed by atoms with Gasteiger partial charge in [0, 0.05) is 44.8 Å². The second-order valence-corrected chi connectivity index (χ2v) is 6.87. The molecule has 1 unspecified atom stereocenters. The Hall–Kier alpha value is -2.60. The number of hydrogen-bond donors (Lipinski definition) is 1. The second-order valence-electron chi connectivity index (χ2n) is 6.87. The molecule has 2 aliphatic heterocycles. The van der Waals surface area contributed by atoms with Crippen LogP contribution in [0.4, 0.5) is 5.82 Å². The van der Waals surface area contributed by atoms with E-state index in [4.69, 9.17) is 9.84 Å². The largest absolute Gasteiger partial charge is 0.493 e. The van der Waals surface area contributed by atoms with Crippen LogP contribution in [0.2, 0.25) is 0 Å². The van der Waals surface area contributed by atoms with Gasteiger partial charge in [-0.15, -0.1) is 0 Å². The van der Waals surface area contributed by atoms with E-state index < -0.39 is 5.97 Å². The van der Waals surface area contributed by atoms with Crippen LogP contribution in [0.25, 0.3) is 0 Å². The molecule has 0 spiro atoms. The van der Waals surface area contributed by atoms with Gasteiger partial charge in [0.05, 0.1) is 12.2 Å². The van der Waals surface area contributed by atoms with Gasteiger partial charge in [-0.2, -0.15) is 0 Å². The Balaban J connectivity index is 1.39. The van der Waals surface area contributed by atoms with Crippen molar-refractivity contribution >= 4 is 11.8 Å². The number of rotatable bonds is 4. The van der Waals surface area contributed by atoms with Crippen molar-refractivity contribution in [3.8, 4) is 5.75 Å². The third-order valence-corrected chi connectivity index (χ3v) is 5.38. The van der Waals surface area contributed by atoms with Crippen LogP contribution in [-0.4, -0.2) is 53.7 Å². The fourth-order valence-electron chi connectivity index (χ4n) is 3.69. The quantitative estimate of drug-likeness (QED) is 0.911. The number of piperazine rings is 1. The molecule has 0 aliphatic carbocycles. The number of aromatic carboxylic acids is 1. The van der Waals surface area contributed by atoms with Gasteiger partial charge in [0.2, 0.25) is 0 Å². The standard InChI is InChI=1S/C20H23N3O3/c1-14(16-3-2-15-6-11-26-18(15)12-16)22-7-9-23(10-8-22)19-5-4-17(13-21-19)20(24)25/h2-5,12-14H,6-11H2,1H3,(H,24,25). The highest BCUT2D eigenvalue weighted by atomic mass is 16.5. The van der Waals surface area contributed by atoms with Crippen LogP contribution in [0, 0.1) is 0 Å². The third-order valence-electron chi connectivity index (χ3n) is 5.38. The van der Waals surface area contributed by atoms with Crippen molar-refractivity contribution < 1.29 is 14.6 Å². The first kappa shape index (κ1) is 16.8. The number of anilines is 1. The van der Waals surface area contributed by atoms with E-state index in [0.29, 0.717) is 6.04 Å². The molecule has 1 aromatic heterocycles. The highest BCUT2D eigenvalue weighted by Crippen LogP contribution is 2.31. The monoisotopic (exact) mass is 353 g/mol. The highest BCUT2D eigenvalue weighted by Gasteiger charge is 2.24. The molecule has 0 saturated carbocycles. The van der Waals surface area contributed by atoms with E-state index in [1.807, 2.05) is 0 Å². The molecule has 2 aliphatic rings. The van der Waals surface area contributed by atoms with E-state index in [1.54, 1.807) is 12.1 Å². The molecular weight excluding hydrogens is 330 g/mol. The van der Waals surface area contributed by atoms with Gasteiger partial charge in [0.25, 0.3) is 0 Å². The minimum Gasteiger partial charge on any atom is -0.493 e. The summed E-state index contributed by atoms with van der Waals surface area (Å²) in [6.07, 6.45) is 2.44. The zero-order chi connectivity index (χ0) is 18.1. The molecule has 1 N–H and O–H groups in total. The fourth-order valence-corrected chi connectivity index (χ4v) is 3.69. The molecule has 1 aromatic carbocycles. The number of benzene rings is 1. The summed E-state index contributed by atoms with van der Waals surface area (Å²) in [5, 5.41) is 8.98. The number of pyridine rings is 1. The summed E-state index contributed by atoms with van der Waals surface area (Å²) in [4.78, 5) is 19.9. The summed E-state index contributed by atoms with van der Waals surface area (Å²) in [5.74, 6) is 0.935. The van der Waals surface area contributed by atoms with Gasteiger partial charge < -0.3 is 14.7 Å². The predicted octanol–water partition coefficient (Wildman–Crippen LogP) is 2.60. The molecule has 2 aromatic rings. The van der Waals surface area contributed by atoms with E-state index in [1.165, 1.54) is 17.3 Å². The maximum absolute atomic E-state index is 10.9. The Morgan fingerprint density at radius 1 is 1.19 bits per heavy atom. The topological polar surface area (TPSA) is 65.9 Å². The van der Waals surface area contributed by atoms with Crippen molar-refractivity contribution in [2.75, 3.05) is 37.7 Å². The molecule has 1 saturated heterocycles. The summed E-state index contributed by atoms with van der Waals surface area (Å²) in [6, 6.07) is 10.3. The van der Waals surface area contributed by atoms with Gasteiger partial charge >= 0.3 is 5.97 Å². The lowest BCUT2D eigenvalue weighted by Gasteiger charge is -2.38. The summed E-state index contributed by atoms with van der Waals surface area (Å²) < 4.78 is 5.70. The van der Waals surface area contributed by atoms with E-state index in [0.717, 1.165) is 50.8 Å². The number of ether oxygens (including phenoxy) is 1. The Kier molecular flexibility index (Phi) is 4.51. The molecular formula is C20H23N3O3. The van der Waals surface area contributed by atoms with Crippen molar-refractivity contribution in [3.05, 3.63) is 53.2 Å². The van der Waals surface area contributed by atoms with E-state index in [2.05, 4.69) is 39.9 Å². The van der Waals surface area contributed by atoms with Gasteiger partial charge in [0.15, 0.2) is 0 Å². The van der Waals surface area contributed by atoms with Gasteiger partial charge in [-0.05, 0) is 36.2 Å². The zero-order valence-electron chi connectivity index (χ0n) is 14.9. The van der Waals surface area contributed by atoms with Crippen molar-refractivity contribution in [2.24, 2.45) is 0 Å². The van der Waals surface area contributed by atoms with E-state index in [-0.39, 0.29) is 5.56 Å². The first-order valence-electron chi connectivity index (χ1n) is 9.06. The average Bonchev–Trinajstić information content (AvgIpc) is 3.15. The summed E-state index contributed by atoms with van der Waals surface area (Å²) in [5.41, 5.74) is 2.82. The normalized spacial score (nSPS) is 18.3. The molecule has 6 heteroatoms. The predicted molar refractivity (Wildman–Crippen MR) is 99.0 cm³/mol. The molecule has 1 fully saturated rings. The lowest BCUT2D eigenvalue weighted by Crippen LogP contribution is -2.47. The smallest absolute Gasteiger partial charge is 0.337 e. The minimum absolute atomic E-state index is 0.222. The minimum atomic E-state index is -0.943. The molecule has 0 bridgehead atoms. The number of nitrogens with zero attached hydrogens (tertiary/aromatic N) is 3. The molecule has 3 heterocycles. The SMILES string of the molecule is CC(c1ccc2c(c1)OCC2)N1CCN(c2ccc(C(=O)O)cn2)CC1. The van der Waals surface area contributed by atoms with Crippen LogP contribution in [-0.2, 0) is 6.42 Å². The number of fused-ring (bicyclic) bond motifs is 1. The van der Waals surface area contributed by atoms with Crippen molar-refractivity contribution in [3.63, 3.8) is 0 Å². The number of carboxylic acids is 1. The number of carbonyl (C=O) groups is 1. The molecule has 0 radical (unpaired) electrons. The molecule has 4 rings (SSSR count).